The fourth-order valence-corrected chi connectivity index (χ4v) is 3.47. The lowest BCUT2D eigenvalue weighted by Crippen LogP contribution is -2.28. The van der Waals surface area contributed by atoms with Gasteiger partial charge in [0.2, 0.25) is 0 Å². The minimum atomic E-state index is -0.519. The maximum absolute atomic E-state index is 12.6. The molecular weight excluding hydrogens is 416 g/mol. The van der Waals surface area contributed by atoms with Crippen molar-refractivity contribution in [2.24, 2.45) is 0 Å². The van der Waals surface area contributed by atoms with Gasteiger partial charge in [-0.1, -0.05) is 24.3 Å². The highest BCUT2D eigenvalue weighted by atomic mass is 16.6. The largest absolute Gasteiger partial charge is 0.441 e. The fourth-order valence-electron chi connectivity index (χ4n) is 3.47. The van der Waals surface area contributed by atoms with Crippen LogP contribution in [0.5, 0.6) is 0 Å². The fraction of sp³-hybridized carbons (Fsp3) is 0.154. The van der Waals surface area contributed by atoms with Crippen LogP contribution in [-0.4, -0.2) is 34.1 Å². The first kappa shape index (κ1) is 22.0. The second kappa shape index (κ2) is 9.48. The first-order valence-electron chi connectivity index (χ1n) is 10.5. The smallest absolute Gasteiger partial charge is 0.415 e. The molecule has 0 aliphatic carbocycles. The molecule has 2 aromatic carbocycles. The highest BCUT2D eigenvalue weighted by Gasteiger charge is 2.38. The van der Waals surface area contributed by atoms with Crippen molar-refractivity contribution in [1.29, 1.82) is 0 Å². The zero-order valence-corrected chi connectivity index (χ0v) is 18.4. The van der Waals surface area contributed by atoms with E-state index in [1.807, 2.05) is 62.4 Å². The van der Waals surface area contributed by atoms with E-state index in [2.05, 4.69) is 15.3 Å². The molecule has 0 bridgehead atoms. The summed E-state index contributed by atoms with van der Waals surface area (Å²) in [7, 11) is 0. The number of rotatable bonds is 3. The van der Waals surface area contributed by atoms with Crippen LogP contribution >= 0.6 is 0 Å². The van der Waals surface area contributed by atoms with E-state index < -0.39 is 5.60 Å². The first-order valence-corrected chi connectivity index (χ1v) is 10.5. The minimum absolute atomic E-state index is 0.232. The van der Waals surface area contributed by atoms with Gasteiger partial charge in [-0.05, 0) is 62.4 Å². The maximum atomic E-state index is 12.6. The zero-order chi connectivity index (χ0) is 23.3. The standard InChI is InChI=1S/C21H19N3O3.C5H5N/c1-21(2)13-24(20(26)27-21)16-10-8-15(9-11-16)19(25)23-17-7-3-5-14-6-4-12-22-18(14)17;1-2-4-6-5-3-1/h3-12H,13H2,1-2H3,(H,23,25);1-5H. The molecule has 0 spiro atoms. The third-order valence-corrected chi connectivity index (χ3v) is 5.01. The molecule has 1 aliphatic heterocycles. The van der Waals surface area contributed by atoms with Gasteiger partial charge < -0.3 is 10.1 Å². The van der Waals surface area contributed by atoms with Crippen LogP contribution < -0.4 is 10.2 Å². The number of benzene rings is 2. The van der Waals surface area contributed by atoms with Gasteiger partial charge in [-0.25, -0.2) is 4.79 Å². The number of para-hydroxylation sites is 1. The van der Waals surface area contributed by atoms with Gasteiger partial charge in [0.05, 0.1) is 17.7 Å². The molecule has 1 N–H and O–H groups in total. The molecule has 33 heavy (non-hydrogen) atoms. The molecular formula is C26H24N4O3. The van der Waals surface area contributed by atoms with E-state index in [-0.39, 0.29) is 12.0 Å². The number of carbonyl (C=O) groups is 2. The predicted octanol–water partition coefficient (Wildman–Crippen LogP) is 5.30. The molecule has 2 aromatic heterocycles. The third kappa shape index (κ3) is 5.33. The van der Waals surface area contributed by atoms with Gasteiger partial charge in [-0.15, -0.1) is 0 Å². The van der Waals surface area contributed by atoms with Crippen LogP contribution in [0, 0.1) is 0 Å². The Bertz CT molecular complexity index is 1230. The average Bonchev–Trinajstić information content (AvgIpc) is 3.13. The Labute approximate surface area is 192 Å². The lowest BCUT2D eigenvalue weighted by Gasteiger charge is -2.16. The van der Waals surface area contributed by atoms with Crippen molar-refractivity contribution < 1.29 is 14.3 Å². The van der Waals surface area contributed by atoms with Gasteiger partial charge >= 0.3 is 6.09 Å². The van der Waals surface area contributed by atoms with E-state index >= 15 is 0 Å². The van der Waals surface area contributed by atoms with E-state index in [0.29, 0.717) is 23.5 Å². The number of ether oxygens (including phenoxy) is 1. The van der Waals surface area contributed by atoms with Crippen molar-refractivity contribution in [1.82, 2.24) is 9.97 Å². The van der Waals surface area contributed by atoms with E-state index in [4.69, 9.17) is 4.74 Å². The van der Waals surface area contributed by atoms with Gasteiger partial charge in [0.1, 0.15) is 5.60 Å². The molecule has 7 heteroatoms. The summed E-state index contributed by atoms with van der Waals surface area (Å²) in [4.78, 5) is 34.3. The number of fused-ring (bicyclic) bond motifs is 1. The van der Waals surface area contributed by atoms with Crippen molar-refractivity contribution >= 4 is 34.3 Å². The van der Waals surface area contributed by atoms with Gasteiger partial charge in [0, 0.05) is 35.2 Å². The van der Waals surface area contributed by atoms with Gasteiger partial charge in [0.15, 0.2) is 0 Å². The van der Waals surface area contributed by atoms with Crippen LogP contribution in [0.25, 0.3) is 10.9 Å². The maximum Gasteiger partial charge on any atom is 0.415 e. The van der Waals surface area contributed by atoms with Crippen molar-refractivity contribution in [3.63, 3.8) is 0 Å². The van der Waals surface area contributed by atoms with Crippen molar-refractivity contribution in [2.45, 2.75) is 19.4 Å². The van der Waals surface area contributed by atoms with E-state index in [1.54, 1.807) is 47.8 Å². The van der Waals surface area contributed by atoms with Crippen LogP contribution in [0.2, 0.25) is 0 Å². The van der Waals surface area contributed by atoms with Crippen LogP contribution in [-0.2, 0) is 4.74 Å². The summed E-state index contributed by atoms with van der Waals surface area (Å²) in [5.41, 5.74) is 2.08. The van der Waals surface area contributed by atoms with Crippen molar-refractivity contribution in [2.75, 3.05) is 16.8 Å². The monoisotopic (exact) mass is 440 g/mol. The topological polar surface area (TPSA) is 84.4 Å². The number of hydrogen-bond acceptors (Lipinski definition) is 5. The minimum Gasteiger partial charge on any atom is -0.441 e. The van der Waals surface area contributed by atoms with Crippen molar-refractivity contribution in [3.8, 4) is 0 Å². The van der Waals surface area contributed by atoms with Gasteiger partial charge in [0.25, 0.3) is 5.91 Å². The normalized spacial score (nSPS) is 14.2. The SMILES string of the molecule is CC1(C)CN(c2ccc(C(=O)Nc3cccc4cccnc34)cc2)C(=O)O1.c1ccncc1. The second-order valence-electron chi connectivity index (χ2n) is 8.12. The molecule has 4 aromatic rings. The number of anilines is 2. The lowest BCUT2D eigenvalue weighted by molar-refractivity contribution is 0.0870. The Morgan fingerprint density at radius 3 is 2.27 bits per heavy atom. The summed E-state index contributed by atoms with van der Waals surface area (Å²) in [5.74, 6) is -0.232. The number of carbonyl (C=O) groups excluding carboxylic acids is 2. The second-order valence-corrected chi connectivity index (χ2v) is 8.12. The summed E-state index contributed by atoms with van der Waals surface area (Å²) in [6, 6.07) is 22.1. The highest BCUT2D eigenvalue weighted by Crippen LogP contribution is 2.28. The summed E-state index contributed by atoms with van der Waals surface area (Å²) < 4.78 is 5.31. The molecule has 1 saturated heterocycles. The first-order chi connectivity index (χ1) is 15.9. The van der Waals surface area contributed by atoms with Crippen LogP contribution in [0.4, 0.5) is 16.2 Å². The third-order valence-electron chi connectivity index (χ3n) is 5.01. The van der Waals surface area contributed by atoms with Crippen LogP contribution in [0.1, 0.15) is 24.2 Å². The molecule has 5 rings (SSSR count). The van der Waals surface area contributed by atoms with E-state index in [0.717, 1.165) is 10.9 Å². The Morgan fingerprint density at radius 2 is 1.67 bits per heavy atom. The Balaban J connectivity index is 0.000000376. The number of hydrogen-bond donors (Lipinski definition) is 1. The number of cyclic esters (lactones) is 1. The number of nitrogens with zero attached hydrogens (tertiary/aromatic N) is 3. The lowest BCUT2D eigenvalue weighted by atomic mass is 10.1. The van der Waals surface area contributed by atoms with E-state index in [9.17, 15) is 9.59 Å². The molecule has 0 atom stereocenters. The van der Waals surface area contributed by atoms with Gasteiger partial charge in [-0.3, -0.25) is 19.7 Å². The average molecular weight is 441 g/mol. The zero-order valence-electron chi connectivity index (χ0n) is 18.4. The number of aromatic nitrogens is 2. The van der Waals surface area contributed by atoms with Gasteiger partial charge in [-0.2, -0.15) is 0 Å². The summed E-state index contributed by atoms with van der Waals surface area (Å²) in [6.45, 7) is 4.20. The molecule has 166 valence electrons. The Kier molecular flexibility index (Phi) is 6.31. The summed E-state index contributed by atoms with van der Waals surface area (Å²) >= 11 is 0. The molecule has 1 aliphatic rings. The van der Waals surface area contributed by atoms with Crippen molar-refractivity contribution in [3.05, 3.63) is 97.0 Å². The predicted molar refractivity (Wildman–Crippen MR) is 128 cm³/mol. The quantitative estimate of drug-likeness (QED) is 0.467. The molecule has 0 radical (unpaired) electrons. The molecule has 0 saturated carbocycles. The Hall–Kier alpha value is -4.26. The number of pyridine rings is 2. The molecule has 2 amide bonds. The highest BCUT2D eigenvalue weighted by molar-refractivity contribution is 6.08. The summed E-state index contributed by atoms with van der Waals surface area (Å²) in [6.07, 6.45) is 4.82. The molecule has 3 heterocycles. The molecule has 0 unspecified atom stereocenters. The van der Waals surface area contributed by atoms with Crippen LogP contribution in [0.15, 0.2) is 91.4 Å². The molecule has 1 fully saturated rings. The number of nitrogens with one attached hydrogen (secondary N) is 1. The van der Waals surface area contributed by atoms with E-state index in [1.165, 1.54) is 0 Å². The number of amides is 2. The summed E-state index contributed by atoms with van der Waals surface area (Å²) in [5, 5.41) is 3.86. The Morgan fingerprint density at radius 1 is 0.939 bits per heavy atom. The van der Waals surface area contributed by atoms with Crippen LogP contribution in [0.3, 0.4) is 0 Å². The molecule has 7 nitrogen and oxygen atoms in total.